The van der Waals surface area contributed by atoms with Crippen LogP contribution in [0.4, 0.5) is 0 Å². The van der Waals surface area contributed by atoms with E-state index >= 15 is 0 Å². The van der Waals surface area contributed by atoms with Crippen molar-refractivity contribution >= 4 is 32.3 Å². The number of hydrogen-bond donors (Lipinski definition) is 0. The largest absolute Gasteiger partial charge is 0.416 e. The fourth-order valence-electron chi connectivity index (χ4n) is 5.72. The number of fused-ring (bicyclic) bond motifs is 3. The van der Waals surface area contributed by atoms with Crippen LogP contribution in [0.15, 0.2) is 138 Å². The van der Waals surface area contributed by atoms with E-state index < -0.39 is 0 Å². The zero-order valence-corrected chi connectivity index (χ0v) is 21.9. The molecule has 0 saturated carbocycles. The summed E-state index contributed by atoms with van der Waals surface area (Å²) in [6, 6.07) is 43.6. The van der Waals surface area contributed by atoms with Gasteiger partial charge >= 0.3 is 0 Å². The average Bonchev–Trinajstić information content (AvgIpc) is 3.55. The Balaban J connectivity index is 1.31. The summed E-state index contributed by atoms with van der Waals surface area (Å²) in [5, 5.41) is 24.4. The van der Waals surface area contributed by atoms with Gasteiger partial charge in [-0.1, -0.05) is 103 Å². The first-order valence-corrected chi connectivity index (χ1v) is 13.5. The molecule has 0 aliphatic carbocycles. The number of nitrogens with zero attached hydrogens (tertiary/aromatic N) is 4. The second kappa shape index (κ2) is 9.50. The third-order valence-corrected chi connectivity index (χ3v) is 7.61. The van der Waals surface area contributed by atoms with Crippen LogP contribution in [-0.4, -0.2) is 20.4 Å². The zero-order valence-electron chi connectivity index (χ0n) is 21.9. The number of rotatable bonds is 4. The normalized spacial score (nSPS) is 11.4. The molecule has 6 aromatic carbocycles. The molecule has 0 spiro atoms. The van der Waals surface area contributed by atoms with Gasteiger partial charge in [0.05, 0.1) is 6.20 Å². The number of benzene rings is 6. The standard InChI is InChI=1S/C36H22N4O/c1-2-10-24(11-3-1)35-39-40-36(41-35)25-20-18-23(19-21-25)32-28-14-6-8-16-30(28)33(31-17-9-7-15-29(31)32)34-27-13-5-4-12-26(27)22-37-38-34/h1-22H. The van der Waals surface area contributed by atoms with Gasteiger partial charge in [0.2, 0.25) is 11.8 Å². The van der Waals surface area contributed by atoms with Gasteiger partial charge in [-0.3, -0.25) is 0 Å². The van der Waals surface area contributed by atoms with Gasteiger partial charge in [0.1, 0.15) is 5.69 Å². The Morgan fingerprint density at radius 2 is 0.878 bits per heavy atom. The molecule has 0 fully saturated rings. The third-order valence-electron chi connectivity index (χ3n) is 7.61. The van der Waals surface area contributed by atoms with Crippen LogP contribution in [-0.2, 0) is 0 Å². The summed E-state index contributed by atoms with van der Waals surface area (Å²) in [5.74, 6) is 1.00. The Hall–Kier alpha value is -5.68. The quantitative estimate of drug-likeness (QED) is 0.214. The maximum atomic E-state index is 6.01. The first-order chi connectivity index (χ1) is 20.3. The van der Waals surface area contributed by atoms with Gasteiger partial charge in [-0.2, -0.15) is 5.10 Å². The first-order valence-electron chi connectivity index (χ1n) is 13.5. The van der Waals surface area contributed by atoms with Gasteiger partial charge in [0.25, 0.3) is 0 Å². The fourth-order valence-corrected chi connectivity index (χ4v) is 5.72. The summed E-state index contributed by atoms with van der Waals surface area (Å²) in [4.78, 5) is 0. The van der Waals surface area contributed by atoms with Crippen molar-refractivity contribution in [3.63, 3.8) is 0 Å². The molecule has 0 radical (unpaired) electrons. The molecule has 0 amide bonds. The Labute approximate surface area is 235 Å². The Bertz CT molecular complexity index is 2140. The molecule has 8 rings (SSSR count). The molecular formula is C36H22N4O. The molecular weight excluding hydrogens is 504 g/mol. The highest BCUT2D eigenvalue weighted by atomic mass is 16.4. The van der Waals surface area contributed by atoms with Crippen molar-refractivity contribution < 1.29 is 4.42 Å². The fraction of sp³-hybridized carbons (Fsp3) is 0. The van der Waals surface area contributed by atoms with Gasteiger partial charge < -0.3 is 4.42 Å². The topological polar surface area (TPSA) is 64.7 Å². The molecule has 0 saturated heterocycles. The van der Waals surface area contributed by atoms with E-state index in [0.29, 0.717) is 11.8 Å². The van der Waals surface area contributed by atoms with E-state index in [2.05, 4.69) is 99.3 Å². The summed E-state index contributed by atoms with van der Waals surface area (Å²) < 4.78 is 6.01. The molecule has 0 bridgehead atoms. The third kappa shape index (κ3) is 3.86. The van der Waals surface area contributed by atoms with Gasteiger partial charge in [-0.25, -0.2) is 0 Å². The Kier molecular flexibility index (Phi) is 5.38. The number of hydrogen-bond acceptors (Lipinski definition) is 5. The van der Waals surface area contributed by atoms with Crippen molar-refractivity contribution in [1.82, 2.24) is 20.4 Å². The van der Waals surface area contributed by atoms with Crippen molar-refractivity contribution in [3.8, 4) is 45.3 Å². The van der Waals surface area contributed by atoms with Gasteiger partial charge in [-0.15, -0.1) is 15.3 Å². The van der Waals surface area contributed by atoms with E-state index in [1.54, 1.807) is 0 Å². The van der Waals surface area contributed by atoms with E-state index in [1.165, 1.54) is 5.56 Å². The lowest BCUT2D eigenvalue weighted by Crippen LogP contribution is -1.94. The predicted molar refractivity (Wildman–Crippen MR) is 164 cm³/mol. The molecule has 0 N–H and O–H groups in total. The summed E-state index contributed by atoms with van der Waals surface area (Å²) >= 11 is 0. The molecule has 2 aromatic heterocycles. The highest BCUT2D eigenvalue weighted by molar-refractivity contribution is 6.22. The second-order valence-electron chi connectivity index (χ2n) is 9.98. The molecule has 5 nitrogen and oxygen atoms in total. The smallest absolute Gasteiger partial charge is 0.248 e. The summed E-state index contributed by atoms with van der Waals surface area (Å²) in [5.41, 5.74) is 6.05. The summed E-state index contributed by atoms with van der Waals surface area (Å²) in [6.07, 6.45) is 1.82. The van der Waals surface area contributed by atoms with Gasteiger partial charge in [0, 0.05) is 27.5 Å². The maximum absolute atomic E-state index is 6.01. The van der Waals surface area contributed by atoms with Crippen molar-refractivity contribution in [2.45, 2.75) is 0 Å². The van der Waals surface area contributed by atoms with Crippen LogP contribution in [0, 0.1) is 0 Å². The van der Waals surface area contributed by atoms with E-state index in [9.17, 15) is 0 Å². The van der Waals surface area contributed by atoms with Crippen LogP contribution in [0.2, 0.25) is 0 Å². The maximum Gasteiger partial charge on any atom is 0.248 e. The van der Waals surface area contributed by atoms with Crippen molar-refractivity contribution in [2.24, 2.45) is 0 Å². The average molecular weight is 527 g/mol. The molecule has 41 heavy (non-hydrogen) atoms. The molecule has 0 atom stereocenters. The lowest BCUT2D eigenvalue weighted by Gasteiger charge is -2.17. The molecule has 8 aromatic rings. The minimum absolute atomic E-state index is 0.495. The van der Waals surface area contributed by atoms with Crippen LogP contribution in [0.25, 0.3) is 77.6 Å². The first kappa shape index (κ1) is 23.2. The number of aromatic nitrogens is 4. The molecule has 0 unspecified atom stereocenters. The Morgan fingerprint density at radius 1 is 0.390 bits per heavy atom. The molecule has 5 heteroatoms. The zero-order chi connectivity index (χ0) is 27.2. The minimum Gasteiger partial charge on any atom is -0.416 e. The summed E-state index contributed by atoms with van der Waals surface area (Å²) in [6.45, 7) is 0. The molecule has 2 heterocycles. The van der Waals surface area contributed by atoms with Crippen LogP contribution >= 0.6 is 0 Å². The van der Waals surface area contributed by atoms with Crippen molar-refractivity contribution in [2.75, 3.05) is 0 Å². The van der Waals surface area contributed by atoms with E-state index in [-0.39, 0.29) is 0 Å². The SMILES string of the molecule is c1ccc(-c2nnc(-c3ccc(-c4c5ccccc5c(-c5nncc6ccccc56)c5ccccc45)cc3)o2)cc1. The van der Waals surface area contributed by atoms with Crippen molar-refractivity contribution in [1.29, 1.82) is 0 Å². The van der Waals surface area contributed by atoms with Gasteiger partial charge in [0.15, 0.2) is 0 Å². The second-order valence-corrected chi connectivity index (χ2v) is 9.98. The lowest BCUT2D eigenvalue weighted by atomic mass is 9.86. The van der Waals surface area contributed by atoms with Crippen LogP contribution in [0.3, 0.4) is 0 Å². The van der Waals surface area contributed by atoms with Crippen LogP contribution in [0.1, 0.15) is 0 Å². The minimum atomic E-state index is 0.495. The molecule has 192 valence electrons. The highest BCUT2D eigenvalue weighted by Gasteiger charge is 2.19. The Morgan fingerprint density at radius 3 is 1.51 bits per heavy atom. The lowest BCUT2D eigenvalue weighted by molar-refractivity contribution is 0.584. The molecule has 0 aliphatic heterocycles. The predicted octanol–water partition coefficient (Wildman–Crippen LogP) is 8.99. The monoisotopic (exact) mass is 526 g/mol. The van der Waals surface area contributed by atoms with Crippen LogP contribution in [0.5, 0.6) is 0 Å². The van der Waals surface area contributed by atoms with E-state index in [4.69, 9.17) is 4.42 Å². The highest BCUT2D eigenvalue weighted by Crippen LogP contribution is 2.44. The summed E-state index contributed by atoms with van der Waals surface area (Å²) in [7, 11) is 0. The van der Waals surface area contributed by atoms with Crippen LogP contribution < -0.4 is 0 Å². The van der Waals surface area contributed by atoms with E-state index in [0.717, 1.165) is 60.3 Å². The van der Waals surface area contributed by atoms with Crippen molar-refractivity contribution in [3.05, 3.63) is 134 Å². The molecule has 0 aliphatic rings. The van der Waals surface area contributed by atoms with E-state index in [1.807, 2.05) is 54.7 Å². The van der Waals surface area contributed by atoms with Gasteiger partial charge in [-0.05, 0) is 56.9 Å².